The summed E-state index contributed by atoms with van der Waals surface area (Å²) in [7, 11) is 0. The molecule has 1 aliphatic rings. The highest BCUT2D eigenvalue weighted by Crippen LogP contribution is 2.21. The van der Waals surface area contributed by atoms with Crippen LogP contribution in [0.1, 0.15) is 43.9 Å². The van der Waals surface area contributed by atoms with Crippen molar-refractivity contribution in [3.63, 3.8) is 0 Å². The first kappa shape index (κ1) is 23.7. The standard InChI is InChI=1S/C27H35N3O2/c1-3-29(4-2)25(23-13-9-6-10-14-23)21-28-27(32)24-17-19-30(20-18-24)26(31)16-15-22-11-7-5-8-12-22/h5-16,24-25H,3-4,17-21H2,1-2H3,(H,28,32)/b16-15+/t25-/m1/s1. The largest absolute Gasteiger partial charge is 0.354 e. The van der Waals surface area contributed by atoms with E-state index in [4.69, 9.17) is 0 Å². The Labute approximate surface area is 192 Å². The van der Waals surface area contributed by atoms with Crippen LogP contribution in [0.2, 0.25) is 0 Å². The predicted molar refractivity (Wildman–Crippen MR) is 130 cm³/mol. The molecule has 0 radical (unpaired) electrons. The fourth-order valence-corrected chi connectivity index (χ4v) is 4.34. The number of nitrogens with one attached hydrogen (secondary N) is 1. The van der Waals surface area contributed by atoms with E-state index >= 15 is 0 Å². The highest BCUT2D eigenvalue weighted by Gasteiger charge is 2.27. The minimum absolute atomic E-state index is 0.0124. The van der Waals surface area contributed by atoms with E-state index in [0.29, 0.717) is 32.5 Å². The summed E-state index contributed by atoms with van der Waals surface area (Å²) in [6.07, 6.45) is 4.89. The summed E-state index contributed by atoms with van der Waals surface area (Å²) in [4.78, 5) is 29.6. The number of rotatable bonds is 9. The van der Waals surface area contributed by atoms with E-state index in [1.54, 1.807) is 6.08 Å². The van der Waals surface area contributed by atoms with Gasteiger partial charge < -0.3 is 10.2 Å². The molecule has 2 amide bonds. The molecule has 0 unspecified atom stereocenters. The monoisotopic (exact) mass is 433 g/mol. The molecule has 1 heterocycles. The molecule has 2 aromatic carbocycles. The van der Waals surface area contributed by atoms with Crippen LogP contribution in [-0.4, -0.2) is 54.3 Å². The van der Waals surface area contributed by atoms with Crippen LogP contribution in [0.4, 0.5) is 0 Å². The van der Waals surface area contributed by atoms with Crippen LogP contribution in [0.15, 0.2) is 66.7 Å². The molecule has 0 saturated carbocycles. The van der Waals surface area contributed by atoms with Gasteiger partial charge in [-0.15, -0.1) is 0 Å². The van der Waals surface area contributed by atoms with Gasteiger partial charge in [-0.25, -0.2) is 0 Å². The van der Waals surface area contributed by atoms with Gasteiger partial charge in [0.25, 0.3) is 0 Å². The molecule has 170 valence electrons. The maximum Gasteiger partial charge on any atom is 0.246 e. The Balaban J connectivity index is 1.50. The first-order valence-electron chi connectivity index (χ1n) is 11.7. The van der Waals surface area contributed by atoms with Gasteiger partial charge in [-0.3, -0.25) is 14.5 Å². The van der Waals surface area contributed by atoms with E-state index in [9.17, 15) is 9.59 Å². The third-order valence-corrected chi connectivity index (χ3v) is 6.30. The zero-order chi connectivity index (χ0) is 22.8. The molecule has 0 aliphatic carbocycles. The van der Waals surface area contributed by atoms with E-state index in [1.807, 2.05) is 59.5 Å². The van der Waals surface area contributed by atoms with Crippen LogP contribution in [0.5, 0.6) is 0 Å². The van der Waals surface area contributed by atoms with Gasteiger partial charge in [-0.2, -0.15) is 0 Å². The van der Waals surface area contributed by atoms with Gasteiger partial charge in [0.2, 0.25) is 11.8 Å². The van der Waals surface area contributed by atoms with Crippen molar-refractivity contribution in [2.24, 2.45) is 5.92 Å². The second kappa shape index (κ2) is 12.2. The summed E-state index contributed by atoms with van der Waals surface area (Å²) >= 11 is 0. The number of piperidine rings is 1. The number of hydrogen-bond acceptors (Lipinski definition) is 3. The van der Waals surface area contributed by atoms with Crippen molar-refractivity contribution in [1.82, 2.24) is 15.1 Å². The SMILES string of the molecule is CCN(CC)[C@H](CNC(=O)C1CCN(C(=O)/C=C/c2ccccc2)CC1)c1ccccc1. The molecule has 5 nitrogen and oxygen atoms in total. The number of nitrogens with zero attached hydrogens (tertiary/aromatic N) is 2. The smallest absolute Gasteiger partial charge is 0.246 e. The topological polar surface area (TPSA) is 52.7 Å². The number of carbonyl (C=O) groups is 2. The zero-order valence-corrected chi connectivity index (χ0v) is 19.2. The Morgan fingerprint density at radius 1 is 1.00 bits per heavy atom. The van der Waals surface area contributed by atoms with Gasteiger partial charge in [-0.1, -0.05) is 74.5 Å². The highest BCUT2D eigenvalue weighted by molar-refractivity contribution is 5.92. The van der Waals surface area contributed by atoms with Crippen molar-refractivity contribution in [1.29, 1.82) is 0 Å². The molecule has 32 heavy (non-hydrogen) atoms. The van der Waals surface area contributed by atoms with Gasteiger partial charge in [0.05, 0.1) is 6.04 Å². The summed E-state index contributed by atoms with van der Waals surface area (Å²) in [5, 5.41) is 3.19. The normalized spacial score (nSPS) is 15.8. The van der Waals surface area contributed by atoms with Crippen molar-refractivity contribution in [3.05, 3.63) is 77.9 Å². The Hall–Kier alpha value is -2.92. The molecule has 1 saturated heterocycles. The fraction of sp³-hybridized carbons (Fsp3) is 0.407. The molecule has 0 bridgehead atoms. The van der Waals surface area contributed by atoms with Gasteiger partial charge in [-0.05, 0) is 43.1 Å². The fourth-order valence-electron chi connectivity index (χ4n) is 4.34. The molecule has 0 aromatic heterocycles. The molecule has 1 fully saturated rings. The van der Waals surface area contributed by atoms with Crippen molar-refractivity contribution in [2.75, 3.05) is 32.7 Å². The average molecular weight is 434 g/mol. The third-order valence-electron chi connectivity index (χ3n) is 6.30. The predicted octanol–water partition coefficient (Wildman–Crippen LogP) is 4.14. The first-order valence-corrected chi connectivity index (χ1v) is 11.7. The van der Waals surface area contributed by atoms with Crippen LogP contribution in [0, 0.1) is 5.92 Å². The lowest BCUT2D eigenvalue weighted by Crippen LogP contribution is -2.44. The zero-order valence-electron chi connectivity index (χ0n) is 19.2. The number of amides is 2. The van der Waals surface area contributed by atoms with E-state index in [1.165, 1.54) is 5.56 Å². The molecule has 1 atom stereocenters. The molecular weight excluding hydrogens is 398 g/mol. The van der Waals surface area contributed by atoms with Crippen LogP contribution in [0.3, 0.4) is 0 Å². The van der Waals surface area contributed by atoms with Crippen LogP contribution < -0.4 is 5.32 Å². The van der Waals surface area contributed by atoms with Crippen molar-refractivity contribution >= 4 is 17.9 Å². The number of likely N-dealkylation sites (tertiary alicyclic amines) is 1. The Bertz CT molecular complexity index is 870. The lowest BCUT2D eigenvalue weighted by atomic mass is 9.95. The molecule has 2 aromatic rings. The third kappa shape index (κ3) is 6.54. The summed E-state index contributed by atoms with van der Waals surface area (Å²) in [5.74, 6) is 0.0775. The second-order valence-electron chi connectivity index (χ2n) is 8.24. The quantitative estimate of drug-likeness (QED) is 0.605. The molecule has 0 spiro atoms. The maximum absolute atomic E-state index is 12.9. The van der Waals surface area contributed by atoms with Crippen molar-refractivity contribution < 1.29 is 9.59 Å². The van der Waals surface area contributed by atoms with Crippen LogP contribution in [0.25, 0.3) is 6.08 Å². The number of carbonyl (C=O) groups excluding carboxylic acids is 2. The van der Waals surface area contributed by atoms with E-state index in [2.05, 4.69) is 36.2 Å². The highest BCUT2D eigenvalue weighted by atomic mass is 16.2. The van der Waals surface area contributed by atoms with Gasteiger partial charge in [0.15, 0.2) is 0 Å². The minimum atomic E-state index is -0.0368. The number of hydrogen-bond donors (Lipinski definition) is 1. The molecule has 1 N–H and O–H groups in total. The average Bonchev–Trinajstić information content (AvgIpc) is 2.86. The number of benzene rings is 2. The summed E-state index contributed by atoms with van der Waals surface area (Å²) in [6, 6.07) is 20.4. The van der Waals surface area contributed by atoms with Gasteiger partial charge in [0.1, 0.15) is 0 Å². The molecule has 3 rings (SSSR count). The van der Waals surface area contributed by atoms with E-state index in [0.717, 1.165) is 18.7 Å². The molecular formula is C27H35N3O2. The lowest BCUT2D eigenvalue weighted by molar-refractivity contribution is -0.132. The van der Waals surface area contributed by atoms with Gasteiger partial charge in [0, 0.05) is 31.6 Å². The summed E-state index contributed by atoms with van der Waals surface area (Å²) < 4.78 is 0. The molecule has 5 heteroatoms. The van der Waals surface area contributed by atoms with Crippen LogP contribution in [-0.2, 0) is 9.59 Å². The Morgan fingerprint density at radius 3 is 2.19 bits per heavy atom. The van der Waals surface area contributed by atoms with Crippen molar-refractivity contribution in [3.8, 4) is 0 Å². The van der Waals surface area contributed by atoms with E-state index in [-0.39, 0.29) is 23.8 Å². The first-order chi connectivity index (χ1) is 15.6. The minimum Gasteiger partial charge on any atom is -0.354 e. The summed E-state index contributed by atoms with van der Waals surface area (Å²) in [6.45, 7) is 8.01. The van der Waals surface area contributed by atoms with Gasteiger partial charge >= 0.3 is 0 Å². The summed E-state index contributed by atoms with van der Waals surface area (Å²) in [5.41, 5.74) is 2.23. The molecule has 1 aliphatic heterocycles. The Kier molecular flexibility index (Phi) is 9.05. The maximum atomic E-state index is 12.9. The number of likely N-dealkylation sites (N-methyl/N-ethyl adjacent to an activating group) is 1. The van der Waals surface area contributed by atoms with E-state index < -0.39 is 0 Å². The lowest BCUT2D eigenvalue weighted by Gasteiger charge is -2.33. The van der Waals surface area contributed by atoms with Crippen LogP contribution >= 0.6 is 0 Å². The second-order valence-corrected chi connectivity index (χ2v) is 8.24. The Morgan fingerprint density at radius 2 is 1.59 bits per heavy atom. The van der Waals surface area contributed by atoms with Crippen molar-refractivity contribution in [2.45, 2.75) is 32.7 Å².